The number of carbonyl (C=O) groups is 1. The molecule has 1 N–H and O–H groups in total. The topological polar surface area (TPSA) is 72.5 Å². The second kappa shape index (κ2) is 7.31. The van der Waals surface area contributed by atoms with E-state index < -0.39 is 26.7 Å². The summed E-state index contributed by atoms with van der Waals surface area (Å²) in [6.07, 6.45) is 0. The Bertz CT molecular complexity index is 884. The number of carbonyl (C=O) groups excluding carboxylic acids is 1. The lowest BCUT2D eigenvalue weighted by atomic mass is 10.2. The van der Waals surface area contributed by atoms with Crippen molar-refractivity contribution in [2.45, 2.75) is 18.7 Å². The van der Waals surface area contributed by atoms with Crippen molar-refractivity contribution >= 4 is 37.6 Å². The van der Waals surface area contributed by atoms with E-state index in [1.54, 1.807) is 25.1 Å². The van der Waals surface area contributed by atoms with Crippen LogP contribution in [0.3, 0.4) is 0 Å². The van der Waals surface area contributed by atoms with Crippen molar-refractivity contribution in [3.05, 3.63) is 57.8 Å². The molecule has 0 bridgehead atoms. The maximum atomic E-state index is 14.2. The van der Waals surface area contributed by atoms with Crippen LogP contribution in [0.1, 0.15) is 22.8 Å². The van der Waals surface area contributed by atoms with E-state index in [4.69, 9.17) is 4.74 Å². The minimum absolute atomic E-state index is 0.0511. The standard InChI is InChI=1S/C16H15BrFNO4S/c1-3-23-16(20)11-5-7-15(13(18)9-11)24(21,22)19-14-6-4-10(2)8-12(14)17/h4-9,19H,3H2,1-2H3. The maximum Gasteiger partial charge on any atom is 0.338 e. The monoisotopic (exact) mass is 415 g/mol. The van der Waals surface area contributed by atoms with E-state index in [2.05, 4.69) is 20.7 Å². The Morgan fingerprint density at radius 1 is 1.25 bits per heavy atom. The lowest BCUT2D eigenvalue weighted by Gasteiger charge is -2.11. The molecule has 0 unspecified atom stereocenters. The van der Waals surface area contributed by atoms with Crippen LogP contribution in [0.2, 0.25) is 0 Å². The van der Waals surface area contributed by atoms with E-state index in [0.29, 0.717) is 4.47 Å². The molecule has 0 amide bonds. The number of esters is 1. The molecule has 0 aromatic heterocycles. The Kier molecular flexibility index (Phi) is 5.61. The molecular formula is C16H15BrFNO4S. The second-order valence-electron chi connectivity index (χ2n) is 4.95. The smallest absolute Gasteiger partial charge is 0.338 e. The average Bonchev–Trinajstić information content (AvgIpc) is 2.50. The van der Waals surface area contributed by atoms with Crippen molar-refractivity contribution in [3.8, 4) is 0 Å². The molecule has 2 aromatic carbocycles. The van der Waals surface area contributed by atoms with E-state index in [-0.39, 0.29) is 17.9 Å². The molecule has 2 aromatic rings. The number of hydrogen-bond acceptors (Lipinski definition) is 4. The largest absolute Gasteiger partial charge is 0.462 e. The zero-order valence-corrected chi connectivity index (χ0v) is 15.4. The molecule has 0 spiro atoms. The second-order valence-corrected chi connectivity index (χ2v) is 7.46. The van der Waals surface area contributed by atoms with E-state index >= 15 is 0 Å². The average molecular weight is 416 g/mol. The van der Waals surface area contributed by atoms with Crippen LogP contribution in [-0.4, -0.2) is 21.0 Å². The molecule has 128 valence electrons. The van der Waals surface area contributed by atoms with E-state index in [9.17, 15) is 17.6 Å². The molecule has 0 atom stereocenters. The van der Waals surface area contributed by atoms with Crippen molar-refractivity contribution in [1.82, 2.24) is 0 Å². The van der Waals surface area contributed by atoms with Gasteiger partial charge in [0.25, 0.3) is 10.0 Å². The number of hydrogen-bond donors (Lipinski definition) is 1. The van der Waals surface area contributed by atoms with Crippen molar-refractivity contribution in [1.29, 1.82) is 0 Å². The van der Waals surface area contributed by atoms with Gasteiger partial charge in [-0.2, -0.15) is 0 Å². The zero-order valence-electron chi connectivity index (χ0n) is 13.0. The highest BCUT2D eigenvalue weighted by Crippen LogP contribution is 2.27. The fourth-order valence-corrected chi connectivity index (χ4v) is 3.83. The van der Waals surface area contributed by atoms with E-state index in [1.165, 1.54) is 6.07 Å². The first-order chi connectivity index (χ1) is 11.2. The first-order valence-corrected chi connectivity index (χ1v) is 9.28. The van der Waals surface area contributed by atoms with Gasteiger partial charge in [0.05, 0.1) is 17.9 Å². The number of halogens is 2. The molecule has 0 fully saturated rings. The van der Waals surface area contributed by atoms with Gasteiger partial charge in [-0.05, 0) is 65.7 Å². The van der Waals surface area contributed by atoms with Crippen LogP contribution in [0.15, 0.2) is 45.8 Å². The Morgan fingerprint density at radius 2 is 1.96 bits per heavy atom. The summed E-state index contributed by atoms with van der Waals surface area (Å²) in [4.78, 5) is 11.0. The van der Waals surface area contributed by atoms with Gasteiger partial charge in [0.2, 0.25) is 0 Å². The summed E-state index contributed by atoms with van der Waals surface area (Å²) in [5, 5.41) is 0. The summed E-state index contributed by atoms with van der Waals surface area (Å²) in [5.41, 5.74) is 1.18. The molecule has 8 heteroatoms. The van der Waals surface area contributed by atoms with Gasteiger partial charge in [-0.15, -0.1) is 0 Å². The highest BCUT2D eigenvalue weighted by Gasteiger charge is 2.22. The third kappa shape index (κ3) is 4.12. The third-order valence-electron chi connectivity index (χ3n) is 3.10. The summed E-state index contributed by atoms with van der Waals surface area (Å²) >= 11 is 3.26. The number of nitrogens with one attached hydrogen (secondary N) is 1. The molecule has 0 saturated heterocycles. The van der Waals surface area contributed by atoms with Gasteiger partial charge >= 0.3 is 5.97 Å². The van der Waals surface area contributed by atoms with Gasteiger partial charge in [-0.1, -0.05) is 6.07 Å². The molecule has 24 heavy (non-hydrogen) atoms. The van der Waals surface area contributed by atoms with Gasteiger partial charge < -0.3 is 4.74 Å². The first kappa shape index (κ1) is 18.4. The fraction of sp³-hybridized carbons (Fsp3) is 0.188. The zero-order chi connectivity index (χ0) is 17.9. The molecule has 0 aliphatic carbocycles. The van der Waals surface area contributed by atoms with Gasteiger partial charge in [0.1, 0.15) is 10.7 Å². The van der Waals surface area contributed by atoms with E-state index in [0.717, 1.165) is 17.7 Å². The van der Waals surface area contributed by atoms with Crippen molar-refractivity contribution in [3.63, 3.8) is 0 Å². The van der Waals surface area contributed by atoms with Gasteiger partial charge in [0, 0.05) is 4.47 Å². The minimum Gasteiger partial charge on any atom is -0.462 e. The summed E-state index contributed by atoms with van der Waals surface area (Å²) in [7, 11) is -4.14. The third-order valence-corrected chi connectivity index (χ3v) is 5.16. The Hall–Kier alpha value is -1.93. The van der Waals surface area contributed by atoms with Crippen LogP contribution < -0.4 is 4.72 Å². The summed E-state index contributed by atoms with van der Waals surface area (Å²) in [6, 6.07) is 8.12. The predicted octanol–water partition coefficient (Wildman–Crippen LogP) is 3.87. The van der Waals surface area contributed by atoms with Crippen LogP contribution >= 0.6 is 15.9 Å². The number of benzene rings is 2. The number of anilines is 1. The Morgan fingerprint density at radius 3 is 2.54 bits per heavy atom. The molecule has 0 aliphatic rings. The van der Waals surface area contributed by atoms with Crippen molar-refractivity contribution in [2.24, 2.45) is 0 Å². The molecule has 0 saturated carbocycles. The van der Waals surface area contributed by atoms with Crippen LogP contribution in [-0.2, 0) is 14.8 Å². The fourth-order valence-electron chi connectivity index (χ4n) is 1.96. The van der Waals surface area contributed by atoms with E-state index in [1.807, 2.05) is 6.92 Å². The minimum atomic E-state index is -4.14. The van der Waals surface area contributed by atoms with Crippen molar-refractivity contribution < 1.29 is 22.3 Å². The number of aryl methyl sites for hydroxylation is 1. The van der Waals surface area contributed by atoms with Crippen LogP contribution in [0.5, 0.6) is 0 Å². The molecule has 5 nitrogen and oxygen atoms in total. The van der Waals surface area contributed by atoms with Crippen LogP contribution in [0, 0.1) is 12.7 Å². The molecular weight excluding hydrogens is 401 g/mol. The SMILES string of the molecule is CCOC(=O)c1ccc(S(=O)(=O)Nc2ccc(C)cc2Br)c(F)c1. The summed E-state index contributed by atoms with van der Waals surface area (Å²) in [6.45, 7) is 3.62. The van der Waals surface area contributed by atoms with Crippen molar-refractivity contribution in [2.75, 3.05) is 11.3 Å². The van der Waals surface area contributed by atoms with Gasteiger partial charge in [-0.3, -0.25) is 4.72 Å². The molecule has 0 radical (unpaired) electrons. The lowest BCUT2D eigenvalue weighted by Crippen LogP contribution is -2.16. The van der Waals surface area contributed by atoms with Gasteiger partial charge in [-0.25, -0.2) is 17.6 Å². The molecule has 0 heterocycles. The Labute approximate surface area is 148 Å². The summed E-state index contributed by atoms with van der Waals surface area (Å²) in [5.74, 6) is -1.74. The highest BCUT2D eigenvalue weighted by atomic mass is 79.9. The predicted molar refractivity (Wildman–Crippen MR) is 92.0 cm³/mol. The normalized spacial score (nSPS) is 11.2. The maximum absolute atomic E-state index is 14.2. The van der Waals surface area contributed by atoms with Crippen LogP contribution in [0.25, 0.3) is 0 Å². The molecule has 0 aliphatic heterocycles. The number of ether oxygens (including phenoxy) is 1. The Balaban J connectivity index is 2.34. The van der Waals surface area contributed by atoms with Gasteiger partial charge in [0.15, 0.2) is 0 Å². The number of rotatable bonds is 5. The highest BCUT2D eigenvalue weighted by molar-refractivity contribution is 9.10. The quantitative estimate of drug-likeness (QED) is 0.752. The summed E-state index contributed by atoms with van der Waals surface area (Å²) < 4.78 is 46.5. The first-order valence-electron chi connectivity index (χ1n) is 7.00. The lowest BCUT2D eigenvalue weighted by molar-refractivity contribution is 0.0525. The van der Waals surface area contributed by atoms with Crippen LogP contribution in [0.4, 0.5) is 10.1 Å². The number of sulfonamides is 1. The molecule has 2 rings (SSSR count).